The quantitative estimate of drug-likeness (QED) is 0.622. The Bertz CT molecular complexity index is 1170. The van der Waals surface area contributed by atoms with Crippen LogP contribution in [0.15, 0.2) is 53.6 Å². The Balaban J connectivity index is 1.47. The summed E-state index contributed by atoms with van der Waals surface area (Å²) in [5.41, 5.74) is 1.88. The molecule has 4 rings (SSSR count). The molecule has 1 aliphatic heterocycles. The van der Waals surface area contributed by atoms with Crippen molar-refractivity contribution >= 4 is 33.0 Å². The van der Waals surface area contributed by atoms with E-state index in [1.165, 1.54) is 11.3 Å². The summed E-state index contributed by atoms with van der Waals surface area (Å²) in [4.78, 5) is 22.2. The average molecular weight is 457 g/mol. The number of rotatable bonds is 5. The lowest BCUT2D eigenvalue weighted by Crippen LogP contribution is -2.37. The van der Waals surface area contributed by atoms with Gasteiger partial charge >= 0.3 is 0 Å². The summed E-state index contributed by atoms with van der Waals surface area (Å²) in [7, 11) is -3.51. The van der Waals surface area contributed by atoms with E-state index in [4.69, 9.17) is 0 Å². The topological polar surface area (TPSA) is 92.3 Å². The molecule has 1 saturated heterocycles. The maximum Gasteiger partial charge on any atom is 0.267 e. The number of nitrogens with zero attached hydrogens (tertiary/aromatic N) is 3. The Morgan fingerprint density at radius 1 is 1.13 bits per heavy atom. The van der Waals surface area contributed by atoms with Crippen LogP contribution >= 0.6 is 11.3 Å². The third kappa shape index (κ3) is 4.68. The Hall–Kier alpha value is -2.62. The molecule has 0 radical (unpaired) electrons. The average Bonchev–Trinajstić information content (AvgIpc) is 3.17. The SMILES string of the molecule is Cc1nc(-c2ccccn2)sc1C(=O)Nc1ccc(S(=O)(=O)N2CCC(C)CC2)cc1. The number of carbonyl (C=O) groups excluding carboxylic acids is 1. The minimum absolute atomic E-state index is 0.242. The number of piperidine rings is 1. The van der Waals surface area contributed by atoms with Crippen molar-refractivity contribution in [2.24, 2.45) is 5.92 Å². The van der Waals surface area contributed by atoms with Crippen LogP contribution in [0.1, 0.15) is 35.1 Å². The Morgan fingerprint density at radius 3 is 2.48 bits per heavy atom. The van der Waals surface area contributed by atoms with Gasteiger partial charge in [-0.05, 0) is 62.1 Å². The van der Waals surface area contributed by atoms with Gasteiger partial charge in [0, 0.05) is 25.0 Å². The zero-order valence-electron chi connectivity index (χ0n) is 17.4. The van der Waals surface area contributed by atoms with Crippen LogP contribution in [0.5, 0.6) is 0 Å². The van der Waals surface area contributed by atoms with Crippen molar-refractivity contribution in [3.05, 3.63) is 59.2 Å². The number of thiazole rings is 1. The summed E-state index contributed by atoms with van der Waals surface area (Å²) in [6.45, 7) is 5.02. The van der Waals surface area contributed by atoms with E-state index in [0.29, 0.717) is 40.3 Å². The number of hydrogen-bond acceptors (Lipinski definition) is 6. The maximum absolute atomic E-state index is 12.9. The maximum atomic E-state index is 12.9. The van der Waals surface area contributed by atoms with Crippen molar-refractivity contribution in [1.82, 2.24) is 14.3 Å². The molecule has 31 heavy (non-hydrogen) atoms. The third-order valence-corrected chi connectivity index (χ3v) is 8.47. The number of nitrogens with one attached hydrogen (secondary N) is 1. The fourth-order valence-corrected chi connectivity index (χ4v) is 5.89. The van der Waals surface area contributed by atoms with Gasteiger partial charge in [-0.1, -0.05) is 13.0 Å². The lowest BCUT2D eigenvalue weighted by molar-refractivity contribution is 0.103. The van der Waals surface area contributed by atoms with E-state index in [1.807, 2.05) is 18.2 Å². The molecule has 0 aliphatic carbocycles. The van der Waals surface area contributed by atoms with Crippen LogP contribution in [0.25, 0.3) is 10.7 Å². The second-order valence-corrected chi connectivity index (χ2v) is 10.7. The van der Waals surface area contributed by atoms with Gasteiger partial charge in [0.2, 0.25) is 10.0 Å². The molecule has 1 N–H and O–H groups in total. The minimum atomic E-state index is -3.51. The van der Waals surface area contributed by atoms with Crippen LogP contribution in [0.2, 0.25) is 0 Å². The molecule has 3 aromatic rings. The standard InChI is InChI=1S/C22H24N4O3S2/c1-15-10-13-26(14-11-15)31(28,29)18-8-6-17(7-9-18)25-21(27)20-16(2)24-22(30-20)19-5-3-4-12-23-19/h3-9,12,15H,10-11,13-14H2,1-2H3,(H,25,27). The number of aryl methyl sites for hydroxylation is 1. The molecule has 3 heterocycles. The van der Waals surface area contributed by atoms with E-state index in [0.717, 1.165) is 18.5 Å². The normalized spacial score (nSPS) is 15.7. The van der Waals surface area contributed by atoms with Crippen LogP contribution in [0.3, 0.4) is 0 Å². The molecule has 1 aromatic carbocycles. The molecule has 1 fully saturated rings. The largest absolute Gasteiger partial charge is 0.321 e. The van der Waals surface area contributed by atoms with Gasteiger partial charge in [-0.3, -0.25) is 9.78 Å². The first kappa shape index (κ1) is 21.6. The number of amides is 1. The molecule has 7 nitrogen and oxygen atoms in total. The molecule has 162 valence electrons. The Morgan fingerprint density at radius 2 is 1.84 bits per heavy atom. The summed E-state index contributed by atoms with van der Waals surface area (Å²) in [6.07, 6.45) is 3.44. The Labute approximate surface area is 186 Å². The van der Waals surface area contributed by atoms with Crippen molar-refractivity contribution in [2.75, 3.05) is 18.4 Å². The van der Waals surface area contributed by atoms with Gasteiger partial charge in [-0.15, -0.1) is 11.3 Å². The van der Waals surface area contributed by atoms with Gasteiger partial charge in [0.25, 0.3) is 5.91 Å². The van der Waals surface area contributed by atoms with E-state index in [1.54, 1.807) is 41.7 Å². The highest BCUT2D eigenvalue weighted by molar-refractivity contribution is 7.89. The molecule has 1 aliphatic rings. The van der Waals surface area contributed by atoms with Crippen molar-refractivity contribution in [2.45, 2.75) is 31.6 Å². The zero-order valence-corrected chi connectivity index (χ0v) is 19.0. The van der Waals surface area contributed by atoms with Crippen molar-refractivity contribution in [3.8, 4) is 10.7 Å². The summed E-state index contributed by atoms with van der Waals surface area (Å²) in [5.74, 6) is 0.273. The highest BCUT2D eigenvalue weighted by atomic mass is 32.2. The van der Waals surface area contributed by atoms with Gasteiger partial charge in [-0.25, -0.2) is 13.4 Å². The second kappa shape index (κ2) is 8.86. The fraction of sp³-hybridized carbons (Fsp3) is 0.318. The van der Waals surface area contributed by atoms with Crippen molar-refractivity contribution in [3.63, 3.8) is 0 Å². The van der Waals surface area contributed by atoms with Crippen molar-refractivity contribution < 1.29 is 13.2 Å². The molecule has 9 heteroatoms. The molecular formula is C22H24N4O3S2. The van der Waals surface area contributed by atoms with Crippen molar-refractivity contribution in [1.29, 1.82) is 0 Å². The summed E-state index contributed by atoms with van der Waals surface area (Å²) in [5, 5.41) is 3.51. The van der Waals surface area contributed by atoms with Gasteiger partial charge in [0.1, 0.15) is 9.88 Å². The molecule has 2 aromatic heterocycles. The molecule has 0 saturated carbocycles. The summed E-state index contributed by atoms with van der Waals surface area (Å²) >= 11 is 1.28. The van der Waals surface area contributed by atoms with E-state index in [2.05, 4.69) is 22.2 Å². The minimum Gasteiger partial charge on any atom is -0.321 e. The van der Waals surface area contributed by atoms with E-state index in [9.17, 15) is 13.2 Å². The predicted octanol–water partition coefficient (Wildman–Crippen LogP) is 4.19. The first-order chi connectivity index (χ1) is 14.8. The molecule has 0 bridgehead atoms. The molecular weight excluding hydrogens is 432 g/mol. The zero-order chi connectivity index (χ0) is 22.0. The molecule has 1 amide bonds. The van der Waals surface area contributed by atoms with Crippen LogP contribution in [0, 0.1) is 12.8 Å². The Kier molecular flexibility index (Phi) is 6.17. The van der Waals surface area contributed by atoms with Crippen LogP contribution in [0.4, 0.5) is 5.69 Å². The van der Waals surface area contributed by atoms with E-state index in [-0.39, 0.29) is 10.8 Å². The van der Waals surface area contributed by atoms with Gasteiger partial charge in [0.15, 0.2) is 0 Å². The monoisotopic (exact) mass is 456 g/mol. The smallest absolute Gasteiger partial charge is 0.267 e. The second-order valence-electron chi connectivity index (χ2n) is 7.71. The van der Waals surface area contributed by atoms with Gasteiger partial charge in [0.05, 0.1) is 16.3 Å². The summed E-state index contributed by atoms with van der Waals surface area (Å²) in [6, 6.07) is 11.9. The number of hydrogen-bond donors (Lipinski definition) is 1. The summed E-state index contributed by atoms with van der Waals surface area (Å²) < 4.78 is 27.3. The predicted molar refractivity (Wildman–Crippen MR) is 122 cm³/mol. The number of carbonyl (C=O) groups is 1. The van der Waals surface area contributed by atoms with Gasteiger partial charge < -0.3 is 5.32 Å². The lowest BCUT2D eigenvalue weighted by Gasteiger charge is -2.29. The first-order valence-electron chi connectivity index (χ1n) is 10.1. The third-order valence-electron chi connectivity index (χ3n) is 5.38. The van der Waals surface area contributed by atoms with Crippen LogP contribution in [-0.2, 0) is 10.0 Å². The first-order valence-corrected chi connectivity index (χ1v) is 12.4. The lowest BCUT2D eigenvalue weighted by atomic mass is 10.0. The van der Waals surface area contributed by atoms with Crippen LogP contribution < -0.4 is 5.32 Å². The van der Waals surface area contributed by atoms with E-state index >= 15 is 0 Å². The number of aromatic nitrogens is 2. The molecule has 0 atom stereocenters. The number of pyridine rings is 1. The highest BCUT2D eigenvalue weighted by Crippen LogP contribution is 2.28. The van der Waals surface area contributed by atoms with Gasteiger partial charge in [-0.2, -0.15) is 4.31 Å². The highest BCUT2D eigenvalue weighted by Gasteiger charge is 2.28. The number of anilines is 1. The van der Waals surface area contributed by atoms with Crippen LogP contribution in [-0.4, -0.2) is 41.7 Å². The molecule has 0 unspecified atom stereocenters. The molecule has 0 spiro atoms. The number of benzene rings is 1. The number of sulfonamides is 1. The fourth-order valence-electron chi connectivity index (χ4n) is 3.48. The van der Waals surface area contributed by atoms with E-state index < -0.39 is 10.0 Å².